The first-order chi connectivity index (χ1) is 26.1. The monoisotopic (exact) mass is 750 g/mol. The highest BCUT2D eigenvalue weighted by atomic mass is 16.3. The van der Waals surface area contributed by atoms with Crippen LogP contribution in [0.3, 0.4) is 0 Å². The lowest BCUT2D eigenvalue weighted by Crippen LogP contribution is -2.50. The first kappa shape index (κ1) is 52.1. The molecule has 0 saturated carbocycles. The van der Waals surface area contributed by atoms with Crippen molar-refractivity contribution in [3.63, 3.8) is 0 Å². The van der Waals surface area contributed by atoms with E-state index in [4.69, 9.17) is 0 Å². The average Bonchev–Trinajstić information content (AvgIpc) is 3.16. The third kappa shape index (κ3) is 39.1. The number of hydrogen-bond donors (Lipinski definition) is 4. The molecule has 0 aliphatic carbocycles. The summed E-state index contributed by atoms with van der Waals surface area (Å²) in [5.74, 6) is -0.150. The van der Waals surface area contributed by atoms with Crippen molar-refractivity contribution >= 4 is 5.91 Å². The summed E-state index contributed by atoms with van der Waals surface area (Å²) in [5.41, 5.74) is 0. The van der Waals surface area contributed by atoms with E-state index in [-0.39, 0.29) is 12.5 Å². The van der Waals surface area contributed by atoms with Crippen LogP contribution >= 0.6 is 0 Å². The molecule has 0 heterocycles. The fraction of sp³-hybridized carbons (Fsp3) is 0.938. The van der Waals surface area contributed by atoms with Crippen molar-refractivity contribution < 1.29 is 20.1 Å². The number of carbonyl (C=O) groups excluding carboxylic acids is 1. The van der Waals surface area contributed by atoms with E-state index in [2.05, 4.69) is 31.3 Å². The molecule has 0 spiro atoms. The second-order valence-corrected chi connectivity index (χ2v) is 16.7. The summed E-state index contributed by atoms with van der Waals surface area (Å²) in [6, 6.07) is -0.821. The van der Waals surface area contributed by atoms with Gasteiger partial charge in [0.05, 0.1) is 18.8 Å². The number of nitrogens with one attached hydrogen (secondary N) is 1. The molecule has 53 heavy (non-hydrogen) atoms. The topological polar surface area (TPSA) is 89.8 Å². The normalized spacial score (nSPS) is 13.5. The molecule has 5 heteroatoms. The molecular weight excluding hydrogens is 655 g/mol. The summed E-state index contributed by atoms with van der Waals surface area (Å²) in [6.07, 6.45) is 51.9. The van der Waals surface area contributed by atoms with Crippen molar-refractivity contribution in [3.8, 4) is 0 Å². The molecule has 4 N–H and O–H groups in total. The average molecular weight is 750 g/mol. The van der Waals surface area contributed by atoms with Crippen molar-refractivity contribution in [2.75, 3.05) is 6.61 Å². The lowest BCUT2D eigenvalue weighted by Gasteiger charge is -2.26. The lowest BCUT2D eigenvalue weighted by molar-refractivity contribution is -0.124. The Morgan fingerprint density at radius 2 is 0.755 bits per heavy atom. The van der Waals surface area contributed by atoms with E-state index in [0.29, 0.717) is 12.8 Å². The predicted octanol–water partition coefficient (Wildman–Crippen LogP) is 14.0. The molecule has 0 radical (unpaired) electrons. The van der Waals surface area contributed by atoms with Gasteiger partial charge in [-0.2, -0.15) is 0 Å². The van der Waals surface area contributed by atoms with E-state index in [0.717, 1.165) is 38.5 Å². The van der Waals surface area contributed by atoms with Gasteiger partial charge in [-0.1, -0.05) is 231 Å². The molecule has 0 bridgehead atoms. The van der Waals surface area contributed by atoms with Crippen LogP contribution in [0.4, 0.5) is 0 Å². The molecule has 0 aromatic rings. The Kier molecular flexibility index (Phi) is 43.1. The van der Waals surface area contributed by atoms with Crippen LogP contribution in [0.15, 0.2) is 12.2 Å². The zero-order valence-corrected chi connectivity index (χ0v) is 35.9. The van der Waals surface area contributed by atoms with E-state index in [1.807, 2.05) is 0 Å². The minimum absolute atomic E-state index is 0.150. The summed E-state index contributed by atoms with van der Waals surface area (Å²) < 4.78 is 0. The molecule has 1 amide bonds. The van der Waals surface area contributed by atoms with E-state index in [1.165, 1.54) is 199 Å². The van der Waals surface area contributed by atoms with Gasteiger partial charge in [-0.15, -0.1) is 0 Å². The predicted molar refractivity (Wildman–Crippen MR) is 232 cm³/mol. The van der Waals surface area contributed by atoms with Crippen LogP contribution in [0.5, 0.6) is 0 Å². The smallest absolute Gasteiger partial charge is 0.220 e. The first-order valence-electron chi connectivity index (χ1n) is 24.0. The second-order valence-electron chi connectivity index (χ2n) is 16.7. The van der Waals surface area contributed by atoms with Crippen LogP contribution in [0.25, 0.3) is 0 Å². The highest BCUT2D eigenvalue weighted by Gasteiger charge is 2.26. The highest BCUT2D eigenvalue weighted by molar-refractivity contribution is 5.76. The zero-order chi connectivity index (χ0) is 38.7. The van der Waals surface area contributed by atoms with Gasteiger partial charge in [0.15, 0.2) is 0 Å². The second kappa shape index (κ2) is 43.8. The van der Waals surface area contributed by atoms with Crippen molar-refractivity contribution in [1.29, 1.82) is 0 Å². The summed E-state index contributed by atoms with van der Waals surface area (Å²) in [5, 5.41) is 33.6. The van der Waals surface area contributed by atoms with Gasteiger partial charge in [-0.05, 0) is 38.5 Å². The zero-order valence-electron chi connectivity index (χ0n) is 35.9. The first-order valence-corrected chi connectivity index (χ1v) is 24.0. The molecule has 5 nitrogen and oxygen atoms in total. The number of unbranched alkanes of at least 4 members (excludes halogenated alkanes) is 34. The molecule has 0 aliphatic rings. The molecule has 0 aliphatic heterocycles. The van der Waals surface area contributed by atoms with Crippen LogP contribution in [0.2, 0.25) is 0 Å². The number of rotatable bonds is 44. The van der Waals surface area contributed by atoms with Crippen LogP contribution < -0.4 is 5.32 Å². The van der Waals surface area contributed by atoms with Crippen LogP contribution in [-0.4, -0.2) is 46.1 Å². The van der Waals surface area contributed by atoms with Gasteiger partial charge in [-0.25, -0.2) is 0 Å². The largest absolute Gasteiger partial charge is 0.394 e. The molecule has 3 unspecified atom stereocenters. The minimum atomic E-state index is -1.15. The molecule has 3 atom stereocenters. The van der Waals surface area contributed by atoms with Gasteiger partial charge in [0, 0.05) is 6.42 Å². The number of aliphatic hydroxyl groups excluding tert-OH is 3. The highest BCUT2D eigenvalue weighted by Crippen LogP contribution is 2.17. The summed E-state index contributed by atoms with van der Waals surface area (Å²) >= 11 is 0. The Bertz CT molecular complexity index is 743. The third-order valence-electron chi connectivity index (χ3n) is 11.4. The number of hydrogen-bond acceptors (Lipinski definition) is 4. The van der Waals surface area contributed by atoms with Gasteiger partial charge >= 0.3 is 0 Å². The standard InChI is InChI=1S/C48H95NO4/c1-3-5-7-9-11-13-15-17-19-21-22-23-24-25-27-28-30-32-34-36-38-40-42-46(51)48(53)45(44-50)49-47(52)43-41-39-37-35-33-31-29-26-20-18-16-14-12-10-8-6-4-2/h34,36,45-46,48,50-51,53H,3-33,35,37-44H2,1-2H3,(H,49,52)/b36-34+. The molecular formula is C48H95NO4. The number of aliphatic hydroxyl groups is 3. The molecule has 0 saturated heterocycles. The van der Waals surface area contributed by atoms with Gasteiger partial charge < -0.3 is 20.6 Å². The van der Waals surface area contributed by atoms with Gasteiger partial charge in [0.25, 0.3) is 0 Å². The fourth-order valence-electron chi connectivity index (χ4n) is 7.63. The Hall–Kier alpha value is -0.910. The summed E-state index contributed by atoms with van der Waals surface area (Å²) in [6.45, 7) is 4.19. The number of amides is 1. The van der Waals surface area contributed by atoms with Crippen molar-refractivity contribution in [2.45, 2.75) is 283 Å². The Balaban J connectivity index is 3.60. The van der Waals surface area contributed by atoms with Gasteiger partial charge in [0.2, 0.25) is 5.91 Å². The van der Waals surface area contributed by atoms with Crippen LogP contribution in [-0.2, 0) is 4.79 Å². The maximum absolute atomic E-state index is 12.4. The van der Waals surface area contributed by atoms with Crippen molar-refractivity contribution in [2.24, 2.45) is 0 Å². The Labute approximate surface area is 331 Å². The molecule has 0 aromatic carbocycles. The third-order valence-corrected chi connectivity index (χ3v) is 11.4. The van der Waals surface area contributed by atoms with E-state index in [9.17, 15) is 20.1 Å². The molecule has 0 rings (SSSR count). The SMILES string of the molecule is CCCCCCCCCCCCCCCCCCC/C=C/CCCC(O)C(O)C(CO)NC(=O)CCCCCCCCCCCCCCCCCCC. The van der Waals surface area contributed by atoms with Crippen LogP contribution in [0.1, 0.15) is 264 Å². The summed E-state index contributed by atoms with van der Waals surface area (Å²) in [4.78, 5) is 12.4. The Morgan fingerprint density at radius 1 is 0.453 bits per heavy atom. The fourth-order valence-corrected chi connectivity index (χ4v) is 7.63. The molecule has 0 fully saturated rings. The van der Waals surface area contributed by atoms with E-state index < -0.39 is 18.2 Å². The maximum Gasteiger partial charge on any atom is 0.220 e. The van der Waals surface area contributed by atoms with Crippen molar-refractivity contribution in [3.05, 3.63) is 12.2 Å². The van der Waals surface area contributed by atoms with Gasteiger partial charge in [0.1, 0.15) is 6.10 Å². The Morgan fingerprint density at radius 3 is 1.09 bits per heavy atom. The minimum Gasteiger partial charge on any atom is -0.394 e. The van der Waals surface area contributed by atoms with Gasteiger partial charge in [-0.3, -0.25) is 4.79 Å². The van der Waals surface area contributed by atoms with E-state index >= 15 is 0 Å². The quantitative estimate of drug-likeness (QED) is 0.0369. The number of carbonyl (C=O) groups is 1. The van der Waals surface area contributed by atoms with Crippen LogP contribution in [0, 0.1) is 0 Å². The number of allylic oxidation sites excluding steroid dienone is 2. The van der Waals surface area contributed by atoms with E-state index in [1.54, 1.807) is 0 Å². The lowest BCUT2D eigenvalue weighted by atomic mass is 10.0. The van der Waals surface area contributed by atoms with Crippen molar-refractivity contribution in [1.82, 2.24) is 5.32 Å². The summed E-state index contributed by atoms with van der Waals surface area (Å²) in [7, 11) is 0. The molecule has 0 aromatic heterocycles. The molecule has 316 valence electrons. The maximum atomic E-state index is 12.4.